The zero-order valence-corrected chi connectivity index (χ0v) is 17.1. The molecule has 0 aliphatic carbocycles. The summed E-state index contributed by atoms with van der Waals surface area (Å²) in [4.78, 5) is 36.6. The van der Waals surface area contributed by atoms with Gasteiger partial charge in [-0.3, -0.25) is 14.5 Å². The smallest absolute Gasteiger partial charge is 0.258 e. The Morgan fingerprint density at radius 2 is 1.70 bits per heavy atom. The van der Waals surface area contributed by atoms with E-state index in [2.05, 4.69) is 14.9 Å². The molecule has 4 rings (SSSR count). The number of methoxy groups -OCH3 is 2. The predicted molar refractivity (Wildman–Crippen MR) is 113 cm³/mol. The number of nitrogens with one attached hydrogen (secondary N) is 1. The van der Waals surface area contributed by atoms with Crippen LogP contribution in [0.3, 0.4) is 0 Å². The standard InChI is InChI=1S/C22H24N4O4/c1-29-16-11-15(12-17(13-16)30-2)22(28)26-9-7-25(8-10-26)14-20-23-19-6-4-3-5-18(19)21(27)24-20/h3-6,11-13H,7-10,14H2,1-2H3,(H,23,24,27). The van der Waals surface area contributed by atoms with Gasteiger partial charge in [0.15, 0.2) is 0 Å². The van der Waals surface area contributed by atoms with Crippen molar-refractivity contribution in [1.82, 2.24) is 19.8 Å². The minimum Gasteiger partial charge on any atom is -0.497 e. The van der Waals surface area contributed by atoms with Crippen LogP contribution in [0.5, 0.6) is 11.5 Å². The molecule has 0 atom stereocenters. The van der Waals surface area contributed by atoms with Crippen molar-refractivity contribution >= 4 is 16.8 Å². The molecule has 8 nitrogen and oxygen atoms in total. The van der Waals surface area contributed by atoms with Gasteiger partial charge in [-0.25, -0.2) is 4.98 Å². The first kappa shape index (κ1) is 19.9. The highest BCUT2D eigenvalue weighted by Crippen LogP contribution is 2.24. The normalized spacial score (nSPS) is 14.7. The molecule has 2 aromatic carbocycles. The van der Waals surface area contributed by atoms with Crippen LogP contribution in [0.1, 0.15) is 16.2 Å². The third kappa shape index (κ3) is 4.13. The van der Waals surface area contributed by atoms with Gasteiger partial charge in [-0.2, -0.15) is 0 Å². The minimum atomic E-state index is -0.128. The largest absolute Gasteiger partial charge is 0.497 e. The maximum atomic E-state index is 12.9. The fraction of sp³-hybridized carbons (Fsp3) is 0.318. The number of benzene rings is 2. The van der Waals surface area contributed by atoms with Gasteiger partial charge in [0.25, 0.3) is 11.5 Å². The molecule has 1 N–H and O–H groups in total. The van der Waals surface area contributed by atoms with E-state index in [0.29, 0.717) is 66.5 Å². The molecule has 0 radical (unpaired) electrons. The Morgan fingerprint density at radius 1 is 1.03 bits per heavy atom. The monoisotopic (exact) mass is 408 g/mol. The Kier molecular flexibility index (Phi) is 5.67. The Morgan fingerprint density at radius 3 is 2.37 bits per heavy atom. The summed E-state index contributed by atoms with van der Waals surface area (Å²) >= 11 is 0. The molecule has 1 saturated heterocycles. The van der Waals surface area contributed by atoms with E-state index in [-0.39, 0.29) is 11.5 Å². The van der Waals surface area contributed by atoms with Crippen LogP contribution in [0.15, 0.2) is 47.3 Å². The van der Waals surface area contributed by atoms with Gasteiger partial charge in [-0.15, -0.1) is 0 Å². The number of para-hydroxylation sites is 1. The van der Waals surface area contributed by atoms with Gasteiger partial charge in [0, 0.05) is 37.8 Å². The first-order chi connectivity index (χ1) is 14.6. The molecule has 0 bridgehead atoms. The second-order valence-electron chi connectivity index (χ2n) is 7.20. The van der Waals surface area contributed by atoms with Crippen molar-refractivity contribution in [2.75, 3.05) is 40.4 Å². The molecule has 1 amide bonds. The molecule has 1 aliphatic heterocycles. The highest BCUT2D eigenvalue weighted by Gasteiger charge is 2.23. The Balaban J connectivity index is 1.42. The predicted octanol–water partition coefficient (Wildman–Crippen LogP) is 1.90. The van der Waals surface area contributed by atoms with Crippen molar-refractivity contribution in [3.63, 3.8) is 0 Å². The number of hydrogen-bond acceptors (Lipinski definition) is 6. The number of H-pyrrole nitrogens is 1. The molecular formula is C22H24N4O4. The van der Waals surface area contributed by atoms with E-state index in [4.69, 9.17) is 9.47 Å². The topological polar surface area (TPSA) is 87.8 Å². The minimum absolute atomic E-state index is 0.0518. The van der Waals surface area contributed by atoms with E-state index in [1.165, 1.54) is 0 Å². The average molecular weight is 408 g/mol. The molecule has 1 fully saturated rings. The lowest BCUT2D eigenvalue weighted by Gasteiger charge is -2.34. The summed E-state index contributed by atoms with van der Waals surface area (Å²) in [5, 5.41) is 0.588. The second kappa shape index (κ2) is 8.54. The van der Waals surface area contributed by atoms with Crippen molar-refractivity contribution in [2.24, 2.45) is 0 Å². The molecule has 1 aliphatic rings. The van der Waals surface area contributed by atoms with Crippen molar-refractivity contribution in [2.45, 2.75) is 6.54 Å². The number of hydrogen-bond donors (Lipinski definition) is 1. The fourth-order valence-corrected chi connectivity index (χ4v) is 3.64. The summed E-state index contributed by atoms with van der Waals surface area (Å²) in [6, 6.07) is 12.5. The molecule has 30 heavy (non-hydrogen) atoms. The molecular weight excluding hydrogens is 384 g/mol. The van der Waals surface area contributed by atoms with Crippen molar-refractivity contribution in [3.8, 4) is 11.5 Å². The fourth-order valence-electron chi connectivity index (χ4n) is 3.64. The van der Waals surface area contributed by atoms with Crippen LogP contribution in [0.25, 0.3) is 10.9 Å². The molecule has 2 heterocycles. The van der Waals surface area contributed by atoms with Gasteiger partial charge in [0.2, 0.25) is 0 Å². The molecule has 8 heteroatoms. The van der Waals surface area contributed by atoms with Crippen LogP contribution in [-0.2, 0) is 6.54 Å². The van der Waals surface area contributed by atoms with Gasteiger partial charge in [0.1, 0.15) is 17.3 Å². The van der Waals surface area contributed by atoms with Crippen LogP contribution < -0.4 is 15.0 Å². The Bertz CT molecular complexity index is 1100. The highest BCUT2D eigenvalue weighted by atomic mass is 16.5. The molecule has 0 spiro atoms. The average Bonchev–Trinajstić information content (AvgIpc) is 2.78. The van der Waals surface area contributed by atoms with E-state index in [0.717, 1.165) is 0 Å². The van der Waals surface area contributed by atoms with E-state index in [1.54, 1.807) is 38.5 Å². The summed E-state index contributed by atoms with van der Waals surface area (Å²) in [6.45, 7) is 3.12. The number of ether oxygens (including phenoxy) is 2. The number of rotatable bonds is 5. The number of fused-ring (bicyclic) bond motifs is 1. The van der Waals surface area contributed by atoms with Gasteiger partial charge >= 0.3 is 0 Å². The lowest BCUT2D eigenvalue weighted by Crippen LogP contribution is -2.48. The van der Waals surface area contributed by atoms with Crippen LogP contribution in [0.4, 0.5) is 0 Å². The summed E-state index contributed by atoms with van der Waals surface area (Å²) in [5.41, 5.74) is 1.11. The molecule has 1 aromatic heterocycles. The van der Waals surface area contributed by atoms with E-state index in [9.17, 15) is 9.59 Å². The third-order valence-electron chi connectivity index (χ3n) is 5.29. The number of aromatic nitrogens is 2. The zero-order valence-electron chi connectivity index (χ0n) is 17.1. The first-order valence-electron chi connectivity index (χ1n) is 9.80. The number of aromatic amines is 1. The lowest BCUT2D eigenvalue weighted by atomic mass is 10.1. The van der Waals surface area contributed by atoms with Crippen molar-refractivity contribution in [1.29, 1.82) is 0 Å². The summed E-state index contributed by atoms with van der Waals surface area (Å²) in [6.07, 6.45) is 0. The molecule has 156 valence electrons. The van der Waals surface area contributed by atoms with Crippen molar-refractivity contribution < 1.29 is 14.3 Å². The highest BCUT2D eigenvalue weighted by molar-refractivity contribution is 5.95. The van der Waals surface area contributed by atoms with Gasteiger partial charge in [-0.05, 0) is 24.3 Å². The van der Waals surface area contributed by atoms with Crippen LogP contribution in [0.2, 0.25) is 0 Å². The number of nitrogens with zero attached hydrogens (tertiary/aromatic N) is 3. The first-order valence-corrected chi connectivity index (χ1v) is 9.80. The summed E-state index contributed by atoms with van der Waals surface area (Å²) in [7, 11) is 3.12. The SMILES string of the molecule is COc1cc(OC)cc(C(=O)N2CCN(Cc3nc4ccccc4c(=O)[nH]3)CC2)c1. The van der Waals surface area contributed by atoms with Gasteiger partial charge in [0.05, 0.1) is 31.7 Å². The zero-order chi connectivity index (χ0) is 21.1. The summed E-state index contributed by atoms with van der Waals surface area (Å²) < 4.78 is 10.5. The molecule has 0 saturated carbocycles. The van der Waals surface area contributed by atoms with Crippen LogP contribution in [-0.4, -0.2) is 66.1 Å². The maximum absolute atomic E-state index is 12.9. The number of carbonyl (C=O) groups is 1. The molecule has 3 aromatic rings. The lowest BCUT2D eigenvalue weighted by molar-refractivity contribution is 0.0625. The number of piperazine rings is 1. The quantitative estimate of drug-likeness (QED) is 0.694. The van der Waals surface area contributed by atoms with Crippen LogP contribution in [0, 0.1) is 0 Å². The molecule has 0 unspecified atom stereocenters. The number of carbonyl (C=O) groups excluding carboxylic acids is 1. The van der Waals surface area contributed by atoms with Crippen molar-refractivity contribution in [3.05, 3.63) is 64.2 Å². The second-order valence-corrected chi connectivity index (χ2v) is 7.20. The van der Waals surface area contributed by atoms with Crippen LogP contribution >= 0.6 is 0 Å². The van der Waals surface area contributed by atoms with E-state index in [1.807, 2.05) is 23.1 Å². The van der Waals surface area contributed by atoms with Gasteiger partial charge in [-0.1, -0.05) is 12.1 Å². The third-order valence-corrected chi connectivity index (χ3v) is 5.29. The van der Waals surface area contributed by atoms with E-state index >= 15 is 0 Å². The Hall–Kier alpha value is -3.39. The Labute approximate surface area is 174 Å². The van der Waals surface area contributed by atoms with E-state index < -0.39 is 0 Å². The maximum Gasteiger partial charge on any atom is 0.258 e. The summed E-state index contributed by atoms with van der Waals surface area (Å²) in [5.74, 6) is 1.76. The number of amides is 1. The van der Waals surface area contributed by atoms with Gasteiger partial charge < -0.3 is 19.4 Å².